The number of rotatable bonds is 3. The second kappa shape index (κ2) is 6.25. The third-order valence-electron chi connectivity index (χ3n) is 4.39. The lowest BCUT2D eigenvalue weighted by Gasteiger charge is -2.24. The first-order valence-electron chi connectivity index (χ1n) is 8.21. The van der Waals surface area contributed by atoms with Gasteiger partial charge in [0.1, 0.15) is 18.0 Å². The van der Waals surface area contributed by atoms with Crippen LogP contribution >= 0.6 is 0 Å². The van der Waals surface area contributed by atoms with Gasteiger partial charge in [-0.3, -0.25) is 0 Å². The van der Waals surface area contributed by atoms with Gasteiger partial charge in [-0.1, -0.05) is 18.2 Å². The molecule has 3 aromatic rings. The number of hydrogen-bond donors (Lipinski definition) is 1. The molecule has 2 aromatic carbocycles. The van der Waals surface area contributed by atoms with E-state index in [1.165, 1.54) is 11.3 Å². The molecule has 1 aromatic heterocycles. The Labute approximate surface area is 146 Å². The van der Waals surface area contributed by atoms with Gasteiger partial charge in [0.05, 0.1) is 11.6 Å². The molecule has 5 heteroatoms. The summed E-state index contributed by atoms with van der Waals surface area (Å²) in [6.07, 6.45) is 2.59. The molecule has 25 heavy (non-hydrogen) atoms. The van der Waals surface area contributed by atoms with Crippen LogP contribution in [0.1, 0.15) is 18.1 Å². The summed E-state index contributed by atoms with van der Waals surface area (Å²) in [6.45, 7) is 2.20. The second-order valence-corrected chi connectivity index (χ2v) is 6.13. The second-order valence-electron chi connectivity index (χ2n) is 6.13. The molecule has 5 nitrogen and oxygen atoms in total. The van der Waals surface area contributed by atoms with Crippen molar-refractivity contribution in [3.8, 4) is 6.07 Å². The zero-order valence-electron chi connectivity index (χ0n) is 13.8. The highest BCUT2D eigenvalue weighted by molar-refractivity contribution is 5.71. The number of nitriles is 1. The fraction of sp³-hybridized carbons (Fsp3) is 0.150. The zero-order valence-corrected chi connectivity index (χ0v) is 13.8. The summed E-state index contributed by atoms with van der Waals surface area (Å²) in [6, 6.07) is 20.2. The topological polar surface area (TPSA) is 64.8 Å². The predicted molar refractivity (Wildman–Crippen MR) is 98.2 cm³/mol. The maximum Gasteiger partial charge on any atom is 0.138 e. The van der Waals surface area contributed by atoms with E-state index < -0.39 is 0 Å². The van der Waals surface area contributed by atoms with Crippen molar-refractivity contribution < 1.29 is 0 Å². The van der Waals surface area contributed by atoms with Gasteiger partial charge < -0.3 is 10.2 Å². The highest BCUT2D eigenvalue weighted by atomic mass is 15.2. The lowest BCUT2D eigenvalue weighted by atomic mass is 10.1. The SMILES string of the molecule is CC1Cc2ccccc2N1c1cc(Nc2ccc(C#N)cc2)ncn1. The molecule has 1 aliphatic rings. The van der Waals surface area contributed by atoms with Crippen LogP contribution in [0.25, 0.3) is 0 Å². The number of nitrogens with one attached hydrogen (secondary N) is 1. The monoisotopic (exact) mass is 327 g/mol. The van der Waals surface area contributed by atoms with Crippen LogP contribution in [0.2, 0.25) is 0 Å². The van der Waals surface area contributed by atoms with Crippen LogP contribution in [0.5, 0.6) is 0 Å². The smallest absolute Gasteiger partial charge is 0.138 e. The number of anilines is 4. The summed E-state index contributed by atoms with van der Waals surface area (Å²) in [7, 11) is 0. The number of nitrogens with zero attached hydrogens (tertiary/aromatic N) is 4. The van der Waals surface area contributed by atoms with Crippen LogP contribution in [0.15, 0.2) is 60.9 Å². The Morgan fingerprint density at radius 3 is 2.72 bits per heavy atom. The summed E-state index contributed by atoms with van der Waals surface area (Å²) in [4.78, 5) is 11.0. The van der Waals surface area contributed by atoms with Crippen LogP contribution in [-0.2, 0) is 6.42 Å². The van der Waals surface area contributed by atoms with Gasteiger partial charge >= 0.3 is 0 Å². The molecule has 122 valence electrons. The molecule has 2 heterocycles. The van der Waals surface area contributed by atoms with Crippen molar-refractivity contribution in [2.75, 3.05) is 10.2 Å². The molecule has 0 spiro atoms. The average molecular weight is 327 g/mol. The molecule has 0 saturated carbocycles. The van der Waals surface area contributed by atoms with E-state index in [1.54, 1.807) is 18.5 Å². The van der Waals surface area contributed by atoms with E-state index in [-0.39, 0.29) is 0 Å². The molecule has 0 fully saturated rings. The maximum atomic E-state index is 8.88. The van der Waals surface area contributed by atoms with Crippen LogP contribution in [-0.4, -0.2) is 16.0 Å². The van der Waals surface area contributed by atoms with Gasteiger partial charge in [0, 0.05) is 23.5 Å². The normalized spacial score (nSPS) is 15.5. The standard InChI is InChI=1S/C20H17N5/c1-14-10-16-4-2-3-5-18(16)25(14)20-11-19(22-13-23-20)24-17-8-6-15(12-21)7-9-17/h2-9,11,13-14H,10H2,1H3,(H,22,23,24). The molecule has 1 N–H and O–H groups in total. The number of fused-ring (bicyclic) bond motifs is 1. The Hall–Kier alpha value is -3.39. The average Bonchev–Trinajstić information content (AvgIpc) is 2.98. The van der Waals surface area contributed by atoms with E-state index in [0.29, 0.717) is 11.6 Å². The fourth-order valence-corrected chi connectivity index (χ4v) is 3.24. The van der Waals surface area contributed by atoms with E-state index in [9.17, 15) is 0 Å². The fourth-order valence-electron chi connectivity index (χ4n) is 3.24. The third kappa shape index (κ3) is 2.90. The molecule has 1 aliphatic heterocycles. The van der Waals surface area contributed by atoms with E-state index in [4.69, 9.17) is 5.26 Å². The lowest BCUT2D eigenvalue weighted by Crippen LogP contribution is -2.24. The Morgan fingerprint density at radius 2 is 1.92 bits per heavy atom. The van der Waals surface area contributed by atoms with E-state index in [1.807, 2.05) is 18.2 Å². The molecular formula is C20H17N5. The van der Waals surface area contributed by atoms with Gasteiger partial charge in [-0.05, 0) is 49.2 Å². The largest absolute Gasteiger partial charge is 0.340 e. The zero-order chi connectivity index (χ0) is 17.2. The molecule has 1 atom stereocenters. The van der Waals surface area contributed by atoms with Crippen molar-refractivity contribution in [2.24, 2.45) is 0 Å². The van der Waals surface area contributed by atoms with Crippen molar-refractivity contribution in [1.29, 1.82) is 5.26 Å². The summed E-state index contributed by atoms with van der Waals surface area (Å²) >= 11 is 0. The Kier molecular flexibility index (Phi) is 3.79. The molecule has 4 rings (SSSR count). The van der Waals surface area contributed by atoms with E-state index in [2.05, 4.69) is 57.4 Å². The minimum atomic E-state index is 0.357. The number of benzene rings is 2. The van der Waals surface area contributed by atoms with E-state index >= 15 is 0 Å². The minimum Gasteiger partial charge on any atom is -0.340 e. The van der Waals surface area contributed by atoms with Gasteiger partial charge in [-0.2, -0.15) is 5.26 Å². The van der Waals surface area contributed by atoms with Gasteiger partial charge in [-0.15, -0.1) is 0 Å². The van der Waals surface area contributed by atoms with Crippen molar-refractivity contribution in [2.45, 2.75) is 19.4 Å². The molecule has 0 bridgehead atoms. The van der Waals surface area contributed by atoms with Gasteiger partial charge in [-0.25, -0.2) is 9.97 Å². The predicted octanol–water partition coefficient (Wildman–Crippen LogP) is 4.17. The summed E-state index contributed by atoms with van der Waals surface area (Å²) in [5.74, 6) is 1.61. The highest BCUT2D eigenvalue weighted by Gasteiger charge is 2.27. The number of aromatic nitrogens is 2. The minimum absolute atomic E-state index is 0.357. The Morgan fingerprint density at radius 1 is 1.12 bits per heavy atom. The molecule has 0 aliphatic carbocycles. The quantitative estimate of drug-likeness (QED) is 0.782. The first-order valence-corrected chi connectivity index (χ1v) is 8.21. The summed E-state index contributed by atoms with van der Waals surface area (Å²) in [5.41, 5.74) is 4.07. The van der Waals surface area contributed by atoms with Crippen molar-refractivity contribution in [3.05, 3.63) is 72.1 Å². The van der Waals surface area contributed by atoms with Crippen LogP contribution in [0.4, 0.5) is 23.0 Å². The van der Waals surface area contributed by atoms with Crippen molar-refractivity contribution >= 4 is 23.0 Å². The van der Waals surface area contributed by atoms with Crippen LogP contribution in [0, 0.1) is 11.3 Å². The molecule has 0 radical (unpaired) electrons. The van der Waals surface area contributed by atoms with Crippen LogP contribution in [0.3, 0.4) is 0 Å². The maximum absolute atomic E-state index is 8.88. The van der Waals surface area contributed by atoms with Gasteiger partial charge in [0.2, 0.25) is 0 Å². The van der Waals surface area contributed by atoms with Crippen molar-refractivity contribution in [3.63, 3.8) is 0 Å². The van der Waals surface area contributed by atoms with Gasteiger partial charge in [0.15, 0.2) is 0 Å². The Balaban J connectivity index is 1.62. The first-order chi connectivity index (χ1) is 12.2. The van der Waals surface area contributed by atoms with Crippen molar-refractivity contribution in [1.82, 2.24) is 9.97 Å². The number of para-hydroxylation sites is 1. The van der Waals surface area contributed by atoms with Gasteiger partial charge in [0.25, 0.3) is 0 Å². The summed E-state index contributed by atoms with van der Waals surface area (Å²) < 4.78 is 0. The molecule has 0 amide bonds. The lowest BCUT2D eigenvalue weighted by molar-refractivity contribution is 0.749. The molecule has 0 saturated heterocycles. The Bertz CT molecular complexity index is 943. The number of hydrogen-bond acceptors (Lipinski definition) is 5. The first kappa shape index (κ1) is 15.2. The molecular weight excluding hydrogens is 310 g/mol. The molecule has 1 unspecified atom stereocenters. The summed E-state index contributed by atoms with van der Waals surface area (Å²) in [5, 5.41) is 12.2. The van der Waals surface area contributed by atoms with Crippen LogP contribution < -0.4 is 10.2 Å². The third-order valence-corrected chi connectivity index (χ3v) is 4.39. The van der Waals surface area contributed by atoms with E-state index in [0.717, 1.165) is 23.7 Å². The highest BCUT2D eigenvalue weighted by Crippen LogP contribution is 2.37.